The second-order valence-electron chi connectivity index (χ2n) is 7.69. The van der Waals surface area contributed by atoms with E-state index in [1.54, 1.807) is 0 Å². The van der Waals surface area contributed by atoms with Crippen molar-refractivity contribution >= 4 is 27.5 Å². The maximum atomic E-state index is 12.6. The quantitative estimate of drug-likeness (QED) is 0.670. The van der Waals surface area contributed by atoms with E-state index in [1.165, 1.54) is 24.3 Å². The number of piperazine rings is 1. The molecule has 31 heavy (non-hydrogen) atoms. The standard InChI is InChI=1S/C22H28N4O4S/c1-17-4-2-3-5-18(17)16-22(28)26-14-12-25(13-15-26)11-10-21(27)24-19-6-8-20(9-7-19)31(23,29)30/h2-9H,10-16H2,1H3,(H,24,27)(H2,23,29,30). The molecular formula is C22H28N4O4S. The van der Waals surface area contributed by atoms with Crippen LogP contribution in [-0.4, -0.2) is 62.8 Å². The van der Waals surface area contributed by atoms with Crippen LogP contribution in [0, 0.1) is 6.92 Å². The zero-order valence-corrected chi connectivity index (χ0v) is 18.4. The predicted octanol–water partition coefficient (Wildman–Crippen LogP) is 1.36. The number of hydrogen-bond acceptors (Lipinski definition) is 5. The lowest BCUT2D eigenvalue weighted by molar-refractivity contribution is -0.132. The monoisotopic (exact) mass is 444 g/mol. The van der Waals surface area contributed by atoms with Gasteiger partial charge in [0, 0.05) is 44.8 Å². The zero-order valence-electron chi connectivity index (χ0n) is 17.6. The molecule has 1 fully saturated rings. The summed E-state index contributed by atoms with van der Waals surface area (Å²) in [6.07, 6.45) is 0.730. The smallest absolute Gasteiger partial charge is 0.238 e. The molecule has 1 aliphatic heterocycles. The van der Waals surface area contributed by atoms with Crippen molar-refractivity contribution in [2.24, 2.45) is 5.14 Å². The van der Waals surface area contributed by atoms with Crippen LogP contribution < -0.4 is 10.5 Å². The normalized spacial score (nSPS) is 15.0. The molecule has 1 saturated heterocycles. The minimum atomic E-state index is -3.75. The van der Waals surface area contributed by atoms with Gasteiger partial charge in [-0.05, 0) is 42.3 Å². The van der Waals surface area contributed by atoms with Crippen LogP contribution in [0.3, 0.4) is 0 Å². The van der Waals surface area contributed by atoms with Gasteiger partial charge in [0.15, 0.2) is 0 Å². The molecule has 0 spiro atoms. The lowest BCUT2D eigenvalue weighted by atomic mass is 10.1. The highest BCUT2D eigenvalue weighted by molar-refractivity contribution is 7.89. The molecule has 3 N–H and O–H groups in total. The number of hydrogen-bond donors (Lipinski definition) is 2. The van der Waals surface area contributed by atoms with Gasteiger partial charge in [0.05, 0.1) is 11.3 Å². The Morgan fingerprint density at radius 1 is 1.00 bits per heavy atom. The maximum Gasteiger partial charge on any atom is 0.238 e. The highest BCUT2D eigenvalue weighted by Crippen LogP contribution is 2.14. The fourth-order valence-corrected chi connectivity index (χ4v) is 4.03. The summed E-state index contributed by atoms with van der Waals surface area (Å²) in [5.41, 5.74) is 2.70. The fourth-order valence-electron chi connectivity index (χ4n) is 3.52. The van der Waals surface area contributed by atoms with Crippen LogP contribution in [0.15, 0.2) is 53.4 Å². The molecule has 0 aliphatic carbocycles. The Hall–Kier alpha value is -2.75. The molecule has 1 aliphatic rings. The second-order valence-corrected chi connectivity index (χ2v) is 9.25. The number of nitrogens with one attached hydrogen (secondary N) is 1. The molecule has 2 amide bonds. The molecule has 0 aromatic heterocycles. The molecule has 2 aromatic rings. The Morgan fingerprint density at radius 2 is 1.65 bits per heavy atom. The number of benzene rings is 2. The molecule has 0 unspecified atom stereocenters. The number of nitrogens with zero attached hydrogens (tertiary/aromatic N) is 2. The number of rotatable bonds is 7. The van der Waals surface area contributed by atoms with E-state index in [0.29, 0.717) is 38.2 Å². The van der Waals surface area contributed by atoms with E-state index < -0.39 is 10.0 Å². The largest absolute Gasteiger partial charge is 0.340 e. The average Bonchev–Trinajstić information content (AvgIpc) is 2.74. The first-order valence-corrected chi connectivity index (χ1v) is 11.7. The molecule has 0 atom stereocenters. The van der Waals surface area contributed by atoms with Gasteiger partial charge in [-0.25, -0.2) is 13.6 Å². The van der Waals surface area contributed by atoms with Crippen molar-refractivity contribution in [2.75, 3.05) is 38.0 Å². The van der Waals surface area contributed by atoms with Crippen molar-refractivity contribution in [1.82, 2.24) is 9.80 Å². The van der Waals surface area contributed by atoms with Crippen molar-refractivity contribution in [1.29, 1.82) is 0 Å². The third-order valence-electron chi connectivity index (χ3n) is 5.45. The minimum absolute atomic E-state index is 0.000317. The number of anilines is 1. The summed E-state index contributed by atoms with van der Waals surface area (Å²) in [6, 6.07) is 13.7. The highest BCUT2D eigenvalue weighted by Gasteiger charge is 2.21. The zero-order chi connectivity index (χ0) is 22.4. The van der Waals surface area contributed by atoms with Gasteiger partial charge in [-0.2, -0.15) is 0 Å². The topological polar surface area (TPSA) is 113 Å². The lowest BCUT2D eigenvalue weighted by Crippen LogP contribution is -2.49. The van der Waals surface area contributed by atoms with Gasteiger partial charge >= 0.3 is 0 Å². The van der Waals surface area contributed by atoms with Crippen LogP contribution >= 0.6 is 0 Å². The van der Waals surface area contributed by atoms with Crippen LogP contribution in [0.25, 0.3) is 0 Å². The first kappa shape index (κ1) is 22.9. The second kappa shape index (κ2) is 10.0. The molecule has 0 radical (unpaired) electrons. The van der Waals surface area contributed by atoms with Gasteiger partial charge in [0.2, 0.25) is 21.8 Å². The predicted molar refractivity (Wildman–Crippen MR) is 119 cm³/mol. The van der Waals surface area contributed by atoms with E-state index in [1.807, 2.05) is 36.1 Å². The van der Waals surface area contributed by atoms with Crippen molar-refractivity contribution in [3.05, 3.63) is 59.7 Å². The van der Waals surface area contributed by atoms with E-state index in [4.69, 9.17) is 5.14 Å². The van der Waals surface area contributed by atoms with Crippen LogP contribution in [0.2, 0.25) is 0 Å². The average molecular weight is 445 g/mol. The Labute approximate surface area is 183 Å². The number of aryl methyl sites for hydroxylation is 1. The van der Waals surface area contributed by atoms with Gasteiger partial charge in [-0.3, -0.25) is 14.5 Å². The van der Waals surface area contributed by atoms with Gasteiger partial charge in [0.25, 0.3) is 0 Å². The Bertz CT molecular complexity index is 1030. The van der Waals surface area contributed by atoms with Crippen LogP contribution in [0.5, 0.6) is 0 Å². The van der Waals surface area contributed by atoms with E-state index in [-0.39, 0.29) is 16.7 Å². The number of sulfonamides is 1. The van der Waals surface area contributed by atoms with Gasteiger partial charge in [0.1, 0.15) is 0 Å². The molecule has 0 saturated carbocycles. The molecule has 8 nitrogen and oxygen atoms in total. The number of carbonyl (C=O) groups excluding carboxylic acids is 2. The molecular weight excluding hydrogens is 416 g/mol. The summed E-state index contributed by atoms with van der Waals surface area (Å²) in [6.45, 7) is 5.38. The van der Waals surface area contributed by atoms with E-state index in [2.05, 4.69) is 10.2 Å². The van der Waals surface area contributed by atoms with Gasteiger partial charge in [-0.1, -0.05) is 24.3 Å². The van der Waals surface area contributed by atoms with E-state index >= 15 is 0 Å². The molecule has 1 heterocycles. The first-order chi connectivity index (χ1) is 14.7. The fraction of sp³-hybridized carbons (Fsp3) is 0.364. The van der Waals surface area contributed by atoms with Gasteiger partial charge < -0.3 is 10.2 Å². The third kappa shape index (κ3) is 6.61. The Kier molecular flexibility index (Phi) is 7.42. The summed E-state index contributed by atoms with van der Waals surface area (Å²) in [7, 11) is -3.75. The Balaban J connectivity index is 1.40. The molecule has 0 bridgehead atoms. The molecule has 3 rings (SSSR count). The number of primary sulfonamides is 1. The van der Waals surface area contributed by atoms with Crippen molar-refractivity contribution in [3.8, 4) is 0 Å². The van der Waals surface area contributed by atoms with E-state index in [9.17, 15) is 18.0 Å². The van der Waals surface area contributed by atoms with Crippen molar-refractivity contribution in [3.63, 3.8) is 0 Å². The summed E-state index contributed by atoms with van der Waals surface area (Å²) in [5.74, 6) is -0.0175. The molecule has 9 heteroatoms. The van der Waals surface area contributed by atoms with E-state index in [0.717, 1.165) is 24.2 Å². The SMILES string of the molecule is Cc1ccccc1CC(=O)N1CCN(CCC(=O)Nc2ccc(S(N)(=O)=O)cc2)CC1. The summed E-state index contributed by atoms with van der Waals surface area (Å²) < 4.78 is 22.6. The minimum Gasteiger partial charge on any atom is -0.340 e. The molecule has 2 aromatic carbocycles. The first-order valence-electron chi connectivity index (χ1n) is 10.2. The lowest BCUT2D eigenvalue weighted by Gasteiger charge is -2.34. The van der Waals surface area contributed by atoms with Crippen LogP contribution in [0.1, 0.15) is 17.5 Å². The van der Waals surface area contributed by atoms with Gasteiger partial charge in [-0.15, -0.1) is 0 Å². The summed E-state index contributed by atoms with van der Waals surface area (Å²) in [5, 5.41) is 7.82. The number of amides is 2. The summed E-state index contributed by atoms with van der Waals surface area (Å²) in [4.78, 5) is 28.8. The van der Waals surface area contributed by atoms with Crippen LogP contribution in [0.4, 0.5) is 5.69 Å². The summed E-state index contributed by atoms with van der Waals surface area (Å²) >= 11 is 0. The Morgan fingerprint density at radius 3 is 2.26 bits per heavy atom. The van der Waals surface area contributed by atoms with Crippen molar-refractivity contribution < 1.29 is 18.0 Å². The highest BCUT2D eigenvalue weighted by atomic mass is 32.2. The van der Waals surface area contributed by atoms with Crippen molar-refractivity contribution in [2.45, 2.75) is 24.7 Å². The number of carbonyl (C=O) groups is 2. The maximum absolute atomic E-state index is 12.6. The number of nitrogens with two attached hydrogens (primary N) is 1. The third-order valence-corrected chi connectivity index (χ3v) is 6.38. The van der Waals surface area contributed by atoms with Crippen LogP contribution in [-0.2, 0) is 26.0 Å². The molecule has 166 valence electrons.